The molecule has 1 aromatic rings. The Bertz CT molecular complexity index is 357. The Labute approximate surface area is 112 Å². The molecule has 1 aromatic carbocycles. The standard InChI is InChI=1S/C17H26O/c1-5-16-13(3)12(2)14(4)17(18-16)11-15-9-7-6-8-10-15/h6-10,12-14,16-17H,5,11H2,1-4H3. The lowest BCUT2D eigenvalue weighted by molar-refractivity contribution is -0.132. The summed E-state index contributed by atoms with van der Waals surface area (Å²) in [6.45, 7) is 9.32. The van der Waals surface area contributed by atoms with Crippen molar-refractivity contribution in [1.29, 1.82) is 0 Å². The summed E-state index contributed by atoms with van der Waals surface area (Å²) < 4.78 is 6.33. The second-order valence-electron chi connectivity index (χ2n) is 5.89. The average molecular weight is 246 g/mol. The predicted molar refractivity (Wildman–Crippen MR) is 76.6 cm³/mol. The fourth-order valence-electron chi connectivity index (χ4n) is 3.18. The van der Waals surface area contributed by atoms with Crippen LogP contribution >= 0.6 is 0 Å². The molecule has 100 valence electrons. The van der Waals surface area contributed by atoms with Crippen LogP contribution in [0.15, 0.2) is 30.3 Å². The smallest absolute Gasteiger partial charge is 0.0647 e. The molecule has 2 rings (SSSR count). The summed E-state index contributed by atoms with van der Waals surface area (Å²) in [6, 6.07) is 10.7. The molecule has 1 heteroatoms. The number of benzene rings is 1. The average Bonchev–Trinajstić information content (AvgIpc) is 2.40. The lowest BCUT2D eigenvalue weighted by atomic mass is 9.74. The second-order valence-corrected chi connectivity index (χ2v) is 5.89. The molecule has 0 aliphatic carbocycles. The third-order valence-corrected chi connectivity index (χ3v) is 4.86. The fraction of sp³-hybridized carbons (Fsp3) is 0.647. The molecule has 0 amide bonds. The van der Waals surface area contributed by atoms with Crippen LogP contribution in [0.4, 0.5) is 0 Å². The van der Waals surface area contributed by atoms with Crippen molar-refractivity contribution in [3.05, 3.63) is 35.9 Å². The van der Waals surface area contributed by atoms with E-state index in [0.717, 1.165) is 18.8 Å². The maximum Gasteiger partial charge on any atom is 0.0647 e. The Hall–Kier alpha value is -0.820. The lowest BCUT2D eigenvalue weighted by Gasteiger charge is -2.44. The van der Waals surface area contributed by atoms with Gasteiger partial charge in [-0.25, -0.2) is 0 Å². The summed E-state index contributed by atoms with van der Waals surface area (Å²) in [7, 11) is 0. The highest BCUT2D eigenvalue weighted by Gasteiger charge is 2.37. The molecule has 1 fully saturated rings. The van der Waals surface area contributed by atoms with Gasteiger partial charge in [0, 0.05) is 0 Å². The van der Waals surface area contributed by atoms with Gasteiger partial charge in [-0.1, -0.05) is 58.0 Å². The third-order valence-electron chi connectivity index (χ3n) is 4.86. The molecule has 18 heavy (non-hydrogen) atoms. The number of ether oxygens (including phenoxy) is 1. The minimum Gasteiger partial charge on any atom is -0.374 e. The van der Waals surface area contributed by atoms with Crippen molar-refractivity contribution >= 4 is 0 Å². The molecule has 1 nitrogen and oxygen atoms in total. The van der Waals surface area contributed by atoms with E-state index in [1.165, 1.54) is 5.56 Å². The largest absolute Gasteiger partial charge is 0.374 e. The second kappa shape index (κ2) is 5.88. The molecule has 5 atom stereocenters. The van der Waals surface area contributed by atoms with E-state index in [-0.39, 0.29) is 0 Å². The zero-order valence-electron chi connectivity index (χ0n) is 12.1. The third kappa shape index (κ3) is 2.77. The van der Waals surface area contributed by atoms with E-state index < -0.39 is 0 Å². The minimum absolute atomic E-state index is 0.378. The Morgan fingerprint density at radius 2 is 1.50 bits per heavy atom. The van der Waals surface area contributed by atoms with Crippen LogP contribution in [0.3, 0.4) is 0 Å². The van der Waals surface area contributed by atoms with Gasteiger partial charge in [0.25, 0.3) is 0 Å². The lowest BCUT2D eigenvalue weighted by Crippen LogP contribution is -2.45. The minimum atomic E-state index is 0.378. The van der Waals surface area contributed by atoms with E-state index >= 15 is 0 Å². The summed E-state index contributed by atoms with van der Waals surface area (Å²) in [5.74, 6) is 2.07. The Morgan fingerprint density at radius 1 is 0.889 bits per heavy atom. The molecule has 1 saturated heterocycles. The Balaban J connectivity index is 2.08. The molecule has 5 unspecified atom stereocenters. The van der Waals surface area contributed by atoms with Gasteiger partial charge in [-0.15, -0.1) is 0 Å². The van der Waals surface area contributed by atoms with Gasteiger partial charge in [0.1, 0.15) is 0 Å². The van der Waals surface area contributed by atoms with Crippen molar-refractivity contribution in [3.63, 3.8) is 0 Å². The predicted octanol–water partition coefficient (Wildman–Crippen LogP) is 4.31. The van der Waals surface area contributed by atoms with Gasteiger partial charge >= 0.3 is 0 Å². The van der Waals surface area contributed by atoms with Crippen LogP contribution in [0.5, 0.6) is 0 Å². The summed E-state index contributed by atoms with van der Waals surface area (Å²) in [5.41, 5.74) is 1.39. The molecule has 0 radical (unpaired) electrons. The molecule has 0 spiro atoms. The molecule has 0 bridgehead atoms. The number of rotatable bonds is 3. The maximum atomic E-state index is 6.33. The summed E-state index contributed by atoms with van der Waals surface area (Å²) in [5, 5.41) is 0. The summed E-state index contributed by atoms with van der Waals surface area (Å²) in [6.07, 6.45) is 2.99. The monoisotopic (exact) mass is 246 g/mol. The number of hydrogen-bond donors (Lipinski definition) is 0. The van der Waals surface area contributed by atoms with Gasteiger partial charge in [0.15, 0.2) is 0 Å². The van der Waals surface area contributed by atoms with Crippen LogP contribution in [0.1, 0.15) is 39.7 Å². The topological polar surface area (TPSA) is 9.23 Å². The normalized spacial score (nSPS) is 36.6. The van der Waals surface area contributed by atoms with Crippen molar-refractivity contribution in [3.8, 4) is 0 Å². The first kappa shape index (κ1) is 13.6. The molecular formula is C17H26O. The molecular weight excluding hydrogens is 220 g/mol. The van der Waals surface area contributed by atoms with E-state index in [0.29, 0.717) is 24.0 Å². The van der Waals surface area contributed by atoms with Gasteiger partial charge in [0.05, 0.1) is 12.2 Å². The van der Waals surface area contributed by atoms with Gasteiger partial charge in [-0.05, 0) is 36.2 Å². The van der Waals surface area contributed by atoms with Crippen molar-refractivity contribution in [2.75, 3.05) is 0 Å². The summed E-state index contributed by atoms with van der Waals surface area (Å²) >= 11 is 0. The zero-order valence-corrected chi connectivity index (χ0v) is 12.1. The van der Waals surface area contributed by atoms with E-state index in [9.17, 15) is 0 Å². The van der Waals surface area contributed by atoms with Crippen LogP contribution in [0.25, 0.3) is 0 Å². The number of hydrogen-bond acceptors (Lipinski definition) is 1. The van der Waals surface area contributed by atoms with E-state index in [4.69, 9.17) is 4.74 Å². The van der Waals surface area contributed by atoms with Gasteiger partial charge < -0.3 is 4.74 Å². The van der Waals surface area contributed by atoms with Crippen LogP contribution in [0, 0.1) is 17.8 Å². The van der Waals surface area contributed by atoms with Crippen molar-refractivity contribution in [2.24, 2.45) is 17.8 Å². The highest BCUT2D eigenvalue weighted by atomic mass is 16.5. The first-order valence-corrected chi connectivity index (χ1v) is 7.32. The fourth-order valence-corrected chi connectivity index (χ4v) is 3.18. The molecule has 1 aliphatic rings. The van der Waals surface area contributed by atoms with Crippen LogP contribution in [0.2, 0.25) is 0 Å². The molecule has 0 saturated carbocycles. The molecule has 0 aromatic heterocycles. The quantitative estimate of drug-likeness (QED) is 0.772. The first-order valence-electron chi connectivity index (χ1n) is 7.32. The van der Waals surface area contributed by atoms with Crippen LogP contribution < -0.4 is 0 Å². The molecule has 1 aliphatic heterocycles. The van der Waals surface area contributed by atoms with Crippen molar-refractivity contribution < 1.29 is 4.74 Å². The van der Waals surface area contributed by atoms with E-state index in [1.54, 1.807) is 0 Å². The summed E-state index contributed by atoms with van der Waals surface area (Å²) in [4.78, 5) is 0. The Kier molecular flexibility index (Phi) is 4.45. The van der Waals surface area contributed by atoms with E-state index in [2.05, 4.69) is 58.0 Å². The first-order chi connectivity index (χ1) is 8.63. The highest BCUT2D eigenvalue weighted by molar-refractivity contribution is 5.16. The van der Waals surface area contributed by atoms with E-state index in [1.807, 2.05) is 0 Å². The SMILES string of the molecule is CCC1OC(Cc2ccccc2)C(C)C(C)C1C. The Morgan fingerprint density at radius 3 is 2.11 bits per heavy atom. The van der Waals surface area contributed by atoms with Crippen molar-refractivity contribution in [2.45, 2.75) is 52.7 Å². The van der Waals surface area contributed by atoms with Gasteiger partial charge in [0.2, 0.25) is 0 Å². The zero-order chi connectivity index (χ0) is 13.1. The maximum absolute atomic E-state index is 6.33. The highest BCUT2D eigenvalue weighted by Crippen LogP contribution is 2.37. The molecule has 0 N–H and O–H groups in total. The van der Waals surface area contributed by atoms with Crippen LogP contribution in [-0.4, -0.2) is 12.2 Å². The van der Waals surface area contributed by atoms with Gasteiger partial charge in [-0.3, -0.25) is 0 Å². The van der Waals surface area contributed by atoms with Crippen LogP contribution in [-0.2, 0) is 11.2 Å². The van der Waals surface area contributed by atoms with Crippen molar-refractivity contribution in [1.82, 2.24) is 0 Å². The molecule has 1 heterocycles. The van der Waals surface area contributed by atoms with Gasteiger partial charge in [-0.2, -0.15) is 0 Å².